The first-order valence-corrected chi connectivity index (χ1v) is 11.9. The number of carboxylic acids is 2. The number of aliphatic carboxylic acids is 2. The number of carbonyl (C=O) groups excluding carboxylic acids is 3. The number of hydrogen-bond acceptors (Lipinski definition) is 8. The van der Waals surface area contributed by atoms with E-state index in [1.54, 1.807) is 11.0 Å². The fraction of sp³-hybridized carbons (Fsp3) is 0.409. The summed E-state index contributed by atoms with van der Waals surface area (Å²) >= 11 is 1.39. The van der Waals surface area contributed by atoms with Crippen LogP contribution in [0.4, 0.5) is 13.2 Å². The van der Waals surface area contributed by atoms with Gasteiger partial charge in [-0.1, -0.05) is 0 Å². The third-order valence-corrected chi connectivity index (χ3v) is 7.05. The van der Waals surface area contributed by atoms with Gasteiger partial charge in [-0.05, 0) is 23.6 Å². The predicted molar refractivity (Wildman–Crippen MR) is 119 cm³/mol. The van der Waals surface area contributed by atoms with E-state index in [4.69, 9.17) is 20.7 Å². The Morgan fingerprint density at radius 1 is 1.27 bits per heavy atom. The Bertz CT molecular complexity index is 1150. The molecule has 2 fully saturated rings. The van der Waals surface area contributed by atoms with Crippen molar-refractivity contribution in [2.24, 2.45) is 5.73 Å². The van der Waals surface area contributed by atoms with Crippen molar-refractivity contribution in [1.82, 2.24) is 9.80 Å². The van der Waals surface area contributed by atoms with E-state index in [-0.39, 0.29) is 18.2 Å². The Labute approximate surface area is 212 Å². The van der Waals surface area contributed by atoms with Crippen molar-refractivity contribution >= 4 is 35.5 Å². The maximum absolute atomic E-state index is 12.8. The number of nitrogens with zero attached hydrogens (tertiary/aromatic N) is 3. The summed E-state index contributed by atoms with van der Waals surface area (Å²) < 4.78 is 33.6. The molecule has 0 spiro atoms. The fourth-order valence-electron chi connectivity index (χ4n) is 3.88. The number of thioether (sulfide) groups is 1. The number of nitrogens with two attached hydrogens (primary N) is 1. The van der Waals surface area contributed by atoms with Crippen LogP contribution in [0.2, 0.25) is 0 Å². The molecule has 1 aromatic rings. The highest BCUT2D eigenvalue weighted by molar-refractivity contribution is 8.00. The first-order chi connectivity index (χ1) is 17.3. The average Bonchev–Trinajstić information content (AvgIpc) is 3.18. The van der Waals surface area contributed by atoms with Crippen LogP contribution < -0.4 is 15.4 Å². The maximum atomic E-state index is 12.8. The molecule has 4 N–H and O–H groups in total. The van der Waals surface area contributed by atoms with E-state index in [9.17, 15) is 32.7 Å². The van der Waals surface area contributed by atoms with Crippen LogP contribution in [0.5, 0.6) is 0 Å². The zero-order chi connectivity index (χ0) is 27.5. The van der Waals surface area contributed by atoms with E-state index in [0.717, 1.165) is 5.56 Å². The van der Waals surface area contributed by atoms with Crippen molar-refractivity contribution in [3.05, 3.63) is 53.0 Å². The van der Waals surface area contributed by atoms with Gasteiger partial charge in [-0.25, -0.2) is 9.36 Å². The van der Waals surface area contributed by atoms with Gasteiger partial charge in [-0.2, -0.15) is 13.2 Å². The van der Waals surface area contributed by atoms with Gasteiger partial charge in [0.05, 0.1) is 11.7 Å². The number of carboxylic acid groups (broad SMARTS) is 2. The number of β-lactam (4-membered cyclic amide) rings is 1. The Hall–Kier alpha value is -3.43. The molecule has 0 saturated carbocycles. The minimum Gasteiger partial charge on any atom is -0.543 e. The highest BCUT2D eigenvalue weighted by atomic mass is 32.2. The van der Waals surface area contributed by atoms with Crippen molar-refractivity contribution < 1.29 is 52.2 Å². The number of alkyl halides is 3. The molecule has 0 radical (unpaired) electrons. The minimum absolute atomic E-state index is 0.0560. The van der Waals surface area contributed by atoms with Gasteiger partial charge in [-0.15, -0.1) is 11.8 Å². The van der Waals surface area contributed by atoms with Crippen molar-refractivity contribution in [2.75, 3.05) is 18.9 Å². The summed E-state index contributed by atoms with van der Waals surface area (Å²) in [5, 5.41) is 27.4. The zero-order valence-electron chi connectivity index (χ0n) is 19.2. The monoisotopic (exact) mass is 544 g/mol. The highest BCUT2D eigenvalue weighted by Crippen LogP contribution is 2.40. The van der Waals surface area contributed by atoms with E-state index in [1.807, 2.05) is 29.1 Å². The number of aliphatic hydroxyl groups excluding tert-OH is 1. The van der Waals surface area contributed by atoms with Gasteiger partial charge in [0.2, 0.25) is 11.8 Å². The van der Waals surface area contributed by atoms with E-state index in [0.29, 0.717) is 43.0 Å². The fourth-order valence-corrected chi connectivity index (χ4v) is 5.13. The molecule has 4 rings (SSSR count). The summed E-state index contributed by atoms with van der Waals surface area (Å²) in [6.07, 6.45) is 0.712. The Balaban J connectivity index is 0.000000479. The summed E-state index contributed by atoms with van der Waals surface area (Å²) in [7, 11) is 0. The number of aromatic nitrogens is 1. The normalized spacial score (nSPS) is 22.5. The average molecular weight is 545 g/mol. The van der Waals surface area contributed by atoms with Gasteiger partial charge in [0, 0.05) is 36.5 Å². The summed E-state index contributed by atoms with van der Waals surface area (Å²) in [5.41, 5.74) is 7.46. The van der Waals surface area contributed by atoms with E-state index >= 15 is 0 Å². The van der Waals surface area contributed by atoms with Gasteiger partial charge in [0.1, 0.15) is 18.0 Å². The molecule has 15 heteroatoms. The molecule has 37 heavy (non-hydrogen) atoms. The number of pyridine rings is 1. The van der Waals surface area contributed by atoms with Crippen LogP contribution in [0.15, 0.2) is 47.4 Å². The number of fused-ring (bicyclic) bond motifs is 1. The van der Waals surface area contributed by atoms with Crippen molar-refractivity contribution in [3.63, 3.8) is 0 Å². The zero-order valence-corrected chi connectivity index (χ0v) is 20.0. The van der Waals surface area contributed by atoms with Crippen molar-refractivity contribution in [3.8, 4) is 0 Å². The molecule has 1 aromatic heterocycles. The summed E-state index contributed by atoms with van der Waals surface area (Å²) in [6, 6.07) is 3.10. The van der Waals surface area contributed by atoms with Crippen LogP contribution in [0.1, 0.15) is 12.0 Å². The van der Waals surface area contributed by atoms with Crippen LogP contribution >= 0.6 is 11.8 Å². The standard InChI is InChI=1S/C20H22N4O5S.C2HF3O2/c21-15-18(27)24-16(20(28)29)14(11-30-19(15)24)9-13-3-6-23(17(13)26)10-12-1-4-22(5-2-12)7-8-25;3-2(4,5)1(6)7/h1-2,4-5,9,15,19,25H,3,6-8,10-11,21H2;(H,6,7)/b13-9+;/t15-,19-;/m1./s1. The topological polar surface area (TPSA) is 168 Å². The summed E-state index contributed by atoms with van der Waals surface area (Å²) in [6.45, 7) is 1.54. The number of rotatable bonds is 6. The molecule has 3 aliphatic rings. The summed E-state index contributed by atoms with van der Waals surface area (Å²) in [5.74, 6) is -4.43. The largest absolute Gasteiger partial charge is 0.543 e. The van der Waals surface area contributed by atoms with Crippen LogP contribution in [0, 0.1) is 0 Å². The van der Waals surface area contributed by atoms with Crippen LogP contribution in [-0.4, -0.2) is 80.3 Å². The Morgan fingerprint density at radius 2 is 1.89 bits per heavy atom. The second kappa shape index (κ2) is 11.3. The van der Waals surface area contributed by atoms with Gasteiger partial charge in [0.25, 0.3) is 0 Å². The molecular formula is C22H23F3N4O7S. The Kier molecular flexibility index (Phi) is 8.60. The smallest absolute Gasteiger partial charge is 0.490 e. The number of aliphatic hydroxyl groups is 1. The molecule has 0 unspecified atom stereocenters. The Morgan fingerprint density at radius 3 is 2.43 bits per heavy atom. The molecule has 2 amide bonds. The van der Waals surface area contributed by atoms with Crippen LogP contribution in [0.25, 0.3) is 0 Å². The van der Waals surface area contributed by atoms with Gasteiger partial charge >= 0.3 is 12.1 Å². The number of hydrogen-bond donors (Lipinski definition) is 3. The van der Waals surface area contributed by atoms with Gasteiger partial charge < -0.3 is 30.7 Å². The maximum Gasteiger partial charge on any atom is 0.490 e. The molecule has 2 saturated heterocycles. The lowest BCUT2D eigenvalue weighted by atomic mass is 10.0. The second-order valence-corrected chi connectivity index (χ2v) is 9.32. The number of allylic oxidation sites excluding steroid dienone is 1. The number of halogens is 3. The first kappa shape index (κ1) is 28.1. The quantitative estimate of drug-likeness (QED) is 0.219. The first-order valence-electron chi connectivity index (χ1n) is 10.9. The number of amides is 2. The minimum atomic E-state index is -5.08. The summed E-state index contributed by atoms with van der Waals surface area (Å²) in [4.78, 5) is 48.3. The van der Waals surface area contributed by atoms with Crippen LogP contribution in [0.3, 0.4) is 0 Å². The molecule has 3 aliphatic heterocycles. The lowest BCUT2D eigenvalue weighted by Crippen LogP contribution is -2.69. The molecular weight excluding hydrogens is 521 g/mol. The van der Waals surface area contributed by atoms with Crippen molar-refractivity contribution in [1.29, 1.82) is 0 Å². The van der Waals surface area contributed by atoms with Gasteiger partial charge in [-0.3, -0.25) is 14.5 Å². The molecule has 0 bridgehead atoms. The van der Waals surface area contributed by atoms with E-state index in [1.165, 1.54) is 16.7 Å². The third-order valence-electron chi connectivity index (χ3n) is 5.73. The SMILES string of the molecule is N[C@@H]1C(=O)N2C(C(=O)[O-])=C(/C=C3\CCN(Cc4cc[n+](CCO)cc4)C3=O)CS[C@H]12.O=C(O)C(F)(F)F. The van der Waals surface area contributed by atoms with E-state index < -0.39 is 35.4 Å². The molecule has 0 aliphatic carbocycles. The second-order valence-electron chi connectivity index (χ2n) is 8.21. The van der Waals surface area contributed by atoms with E-state index in [2.05, 4.69) is 0 Å². The molecule has 11 nitrogen and oxygen atoms in total. The van der Waals surface area contributed by atoms with Crippen LogP contribution in [-0.2, 0) is 32.3 Å². The molecule has 0 aromatic carbocycles. The molecule has 2 atom stereocenters. The predicted octanol–water partition coefficient (Wildman–Crippen LogP) is -1.50. The lowest BCUT2D eigenvalue weighted by Gasteiger charge is -2.49. The number of likely N-dealkylation sites (tertiary alicyclic amines) is 1. The highest BCUT2D eigenvalue weighted by Gasteiger charge is 2.50. The van der Waals surface area contributed by atoms with Gasteiger partial charge in [0.15, 0.2) is 18.9 Å². The lowest BCUT2D eigenvalue weighted by molar-refractivity contribution is -0.698. The molecule has 200 valence electrons. The number of carbonyl (C=O) groups is 4. The van der Waals surface area contributed by atoms with Crippen molar-refractivity contribution in [2.45, 2.75) is 37.1 Å². The molecule has 4 heterocycles. The third kappa shape index (κ3) is 6.29.